The minimum absolute atomic E-state index is 0.707. The quantitative estimate of drug-likeness (QED) is 0.875. The van der Waals surface area contributed by atoms with Crippen LogP contribution in [0.3, 0.4) is 0 Å². The fourth-order valence-electron chi connectivity index (χ4n) is 2.18. The van der Waals surface area contributed by atoms with Gasteiger partial charge in [0.15, 0.2) is 0 Å². The first-order valence-electron chi connectivity index (χ1n) is 6.03. The van der Waals surface area contributed by atoms with Crippen LogP contribution in [-0.4, -0.2) is 16.3 Å². The SMILES string of the molecule is Cc1nn(CCCN)c(C)c1-c1ccccc1. The van der Waals surface area contributed by atoms with Crippen LogP contribution in [-0.2, 0) is 6.54 Å². The molecule has 1 heterocycles. The van der Waals surface area contributed by atoms with Crippen molar-refractivity contribution < 1.29 is 0 Å². The fraction of sp³-hybridized carbons (Fsp3) is 0.357. The average molecular weight is 229 g/mol. The summed E-state index contributed by atoms with van der Waals surface area (Å²) in [4.78, 5) is 0. The maximum Gasteiger partial charge on any atom is 0.0674 e. The van der Waals surface area contributed by atoms with Gasteiger partial charge in [0, 0.05) is 17.8 Å². The zero-order valence-corrected chi connectivity index (χ0v) is 10.5. The molecule has 0 spiro atoms. The highest BCUT2D eigenvalue weighted by atomic mass is 15.3. The molecule has 17 heavy (non-hydrogen) atoms. The van der Waals surface area contributed by atoms with E-state index in [2.05, 4.69) is 47.9 Å². The van der Waals surface area contributed by atoms with E-state index >= 15 is 0 Å². The van der Waals surface area contributed by atoms with Crippen LogP contribution in [0.4, 0.5) is 0 Å². The molecule has 0 saturated carbocycles. The molecule has 90 valence electrons. The van der Waals surface area contributed by atoms with E-state index in [0.29, 0.717) is 6.54 Å². The lowest BCUT2D eigenvalue weighted by molar-refractivity contribution is 0.568. The lowest BCUT2D eigenvalue weighted by atomic mass is 10.0. The monoisotopic (exact) mass is 229 g/mol. The first-order valence-corrected chi connectivity index (χ1v) is 6.03. The zero-order valence-electron chi connectivity index (χ0n) is 10.5. The number of aryl methyl sites for hydroxylation is 2. The van der Waals surface area contributed by atoms with Crippen molar-refractivity contribution in [2.45, 2.75) is 26.8 Å². The van der Waals surface area contributed by atoms with Crippen molar-refractivity contribution in [3.05, 3.63) is 41.7 Å². The van der Waals surface area contributed by atoms with E-state index in [0.717, 1.165) is 18.7 Å². The van der Waals surface area contributed by atoms with Crippen molar-refractivity contribution in [3.8, 4) is 11.1 Å². The lowest BCUT2D eigenvalue weighted by Crippen LogP contribution is -2.08. The molecule has 2 N–H and O–H groups in total. The Labute approximate surface area is 102 Å². The number of nitrogens with zero attached hydrogens (tertiary/aromatic N) is 2. The van der Waals surface area contributed by atoms with Crippen LogP contribution in [0.15, 0.2) is 30.3 Å². The van der Waals surface area contributed by atoms with Gasteiger partial charge < -0.3 is 5.73 Å². The van der Waals surface area contributed by atoms with Gasteiger partial charge in [0.05, 0.1) is 5.69 Å². The van der Waals surface area contributed by atoms with E-state index in [1.807, 2.05) is 6.07 Å². The van der Waals surface area contributed by atoms with Gasteiger partial charge in [0.25, 0.3) is 0 Å². The molecule has 0 bridgehead atoms. The van der Waals surface area contributed by atoms with Gasteiger partial charge in [0.2, 0.25) is 0 Å². The number of rotatable bonds is 4. The van der Waals surface area contributed by atoms with E-state index in [-0.39, 0.29) is 0 Å². The number of hydrogen-bond acceptors (Lipinski definition) is 2. The predicted molar refractivity (Wildman–Crippen MR) is 70.8 cm³/mol. The van der Waals surface area contributed by atoms with Crippen LogP contribution in [0.1, 0.15) is 17.8 Å². The van der Waals surface area contributed by atoms with Gasteiger partial charge in [-0.2, -0.15) is 5.10 Å². The molecule has 0 atom stereocenters. The molecule has 1 aromatic heterocycles. The molecule has 2 aromatic rings. The van der Waals surface area contributed by atoms with E-state index in [4.69, 9.17) is 5.73 Å². The Morgan fingerprint density at radius 3 is 2.53 bits per heavy atom. The summed E-state index contributed by atoms with van der Waals surface area (Å²) in [5, 5.41) is 4.59. The van der Waals surface area contributed by atoms with E-state index in [1.54, 1.807) is 0 Å². The first-order chi connectivity index (χ1) is 8.24. The molecular formula is C14H19N3. The average Bonchev–Trinajstić information content (AvgIpc) is 2.63. The van der Waals surface area contributed by atoms with Gasteiger partial charge in [-0.25, -0.2) is 0 Å². The summed E-state index contributed by atoms with van der Waals surface area (Å²) >= 11 is 0. The number of nitrogens with two attached hydrogens (primary N) is 1. The number of aromatic nitrogens is 2. The Bertz CT molecular complexity index is 486. The molecule has 1 aromatic carbocycles. The molecule has 0 saturated heterocycles. The Morgan fingerprint density at radius 1 is 1.18 bits per heavy atom. The minimum atomic E-state index is 0.707. The topological polar surface area (TPSA) is 43.8 Å². The maximum absolute atomic E-state index is 5.54. The van der Waals surface area contributed by atoms with Crippen LogP contribution >= 0.6 is 0 Å². The molecule has 0 unspecified atom stereocenters. The number of benzene rings is 1. The van der Waals surface area contributed by atoms with Crippen molar-refractivity contribution in [3.63, 3.8) is 0 Å². The summed E-state index contributed by atoms with van der Waals surface area (Å²) in [6, 6.07) is 10.4. The fourth-order valence-corrected chi connectivity index (χ4v) is 2.18. The summed E-state index contributed by atoms with van der Waals surface area (Å²) in [6.07, 6.45) is 0.968. The second-order valence-corrected chi connectivity index (χ2v) is 4.28. The van der Waals surface area contributed by atoms with Crippen LogP contribution in [0.25, 0.3) is 11.1 Å². The normalized spacial score (nSPS) is 10.8. The molecule has 0 amide bonds. The summed E-state index contributed by atoms with van der Waals surface area (Å²) in [5.41, 5.74) is 10.3. The highest BCUT2D eigenvalue weighted by Gasteiger charge is 2.12. The van der Waals surface area contributed by atoms with Crippen molar-refractivity contribution in [2.75, 3.05) is 6.54 Å². The maximum atomic E-state index is 5.54. The standard InChI is InChI=1S/C14H19N3/c1-11-14(13-7-4-3-5-8-13)12(2)17(16-11)10-6-9-15/h3-5,7-8H,6,9-10,15H2,1-2H3. The summed E-state index contributed by atoms with van der Waals surface area (Å²) in [7, 11) is 0. The van der Waals surface area contributed by atoms with Gasteiger partial charge in [-0.1, -0.05) is 30.3 Å². The zero-order chi connectivity index (χ0) is 12.3. The second-order valence-electron chi connectivity index (χ2n) is 4.28. The molecule has 0 radical (unpaired) electrons. The Hall–Kier alpha value is -1.61. The Kier molecular flexibility index (Phi) is 3.59. The molecular weight excluding hydrogens is 210 g/mol. The van der Waals surface area contributed by atoms with Crippen LogP contribution in [0.2, 0.25) is 0 Å². The number of hydrogen-bond donors (Lipinski definition) is 1. The first kappa shape index (κ1) is 11.9. The summed E-state index contributed by atoms with van der Waals surface area (Å²) in [6.45, 7) is 5.79. The highest BCUT2D eigenvalue weighted by molar-refractivity contribution is 5.68. The smallest absolute Gasteiger partial charge is 0.0674 e. The third kappa shape index (κ3) is 2.39. The molecule has 3 heteroatoms. The molecule has 0 aliphatic carbocycles. The third-order valence-corrected chi connectivity index (χ3v) is 3.02. The molecule has 0 aliphatic heterocycles. The van der Waals surface area contributed by atoms with E-state index in [9.17, 15) is 0 Å². The van der Waals surface area contributed by atoms with Gasteiger partial charge >= 0.3 is 0 Å². The van der Waals surface area contributed by atoms with Gasteiger partial charge in [-0.3, -0.25) is 4.68 Å². The molecule has 3 nitrogen and oxygen atoms in total. The van der Waals surface area contributed by atoms with Crippen molar-refractivity contribution in [2.24, 2.45) is 5.73 Å². The predicted octanol–water partition coefficient (Wildman–Crippen LogP) is 2.52. The third-order valence-electron chi connectivity index (χ3n) is 3.02. The van der Waals surface area contributed by atoms with Crippen LogP contribution in [0.5, 0.6) is 0 Å². The minimum Gasteiger partial charge on any atom is -0.330 e. The van der Waals surface area contributed by atoms with E-state index < -0.39 is 0 Å². The van der Waals surface area contributed by atoms with Crippen LogP contribution < -0.4 is 5.73 Å². The van der Waals surface area contributed by atoms with Crippen LogP contribution in [0, 0.1) is 13.8 Å². The Morgan fingerprint density at radius 2 is 1.88 bits per heavy atom. The van der Waals surface area contributed by atoms with Gasteiger partial charge in [0.1, 0.15) is 0 Å². The van der Waals surface area contributed by atoms with Crippen molar-refractivity contribution >= 4 is 0 Å². The van der Waals surface area contributed by atoms with Gasteiger partial charge in [-0.15, -0.1) is 0 Å². The van der Waals surface area contributed by atoms with Gasteiger partial charge in [-0.05, 0) is 32.4 Å². The van der Waals surface area contributed by atoms with Crippen molar-refractivity contribution in [1.82, 2.24) is 9.78 Å². The Balaban J connectivity index is 2.38. The molecule has 0 fully saturated rings. The van der Waals surface area contributed by atoms with Crippen molar-refractivity contribution in [1.29, 1.82) is 0 Å². The van der Waals surface area contributed by atoms with E-state index in [1.165, 1.54) is 16.8 Å². The summed E-state index contributed by atoms with van der Waals surface area (Å²) in [5.74, 6) is 0. The second kappa shape index (κ2) is 5.15. The summed E-state index contributed by atoms with van der Waals surface area (Å²) < 4.78 is 2.06. The largest absolute Gasteiger partial charge is 0.330 e. The molecule has 2 rings (SSSR count). The molecule has 0 aliphatic rings. The lowest BCUT2D eigenvalue weighted by Gasteiger charge is -2.04. The highest BCUT2D eigenvalue weighted by Crippen LogP contribution is 2.26.